The third kappa shape index (κ3) is 2.91. The molecule has 1 aromatic heterocycles. The first kappa shape index (κ1) is 13.1. The number of nitrogens with one attached hydrogen (secondary N) is 2. The predicted octanol–water partition coefficient (Wildman–Crippen LogP) is 0.275. The van der Waals surface area contributed by atoms with E-state index < -0.39 is 0 Å². The van der Waals surface area contributed by atoms with Crippen LogP contribution in [0, 0.1) is 0 Å². The second-order valence-corrected chi connectivity index (χ2v) is 5.18. The standard InChI is InChI=1S/C11H19N5OS/c1-2-3-14-10(17)8-9(12)15-11(18-8)16-6-4-13-5-7-16/h13H,2-7,12H2,1H3,(H,14,17). The van der Waals surface area contributed by atoms with Crippen LogP contribution in [0.3, 0.4) is 0 Å². The van der Waals surface area contributed by atoms with Gasteiger partial charge in [-0.3, -0.25) is 4.79 Å². The Morgan fingerprint density at radius 3 is 2.94 bits per heavy atom. The summed E-state index contributed by atoms with van der Waals surface area (Å²) in [6.07, 6.45) is 0.912. The lowest BCUT2D eigenvalue weighted by Crippen LogP contribution is -2.43. The van der Waals surface area contributed by atoms with Crippen LogP contribution in [0.1, 0.15) is 23.0 Å². The quantitative estimate of drug-likeness (QED) is 0.731. The molecule has 0 atom stereocenters. The maximum atomic E-state index is 11.9. The van der Waals surface area contributed by atoms with Crippen molar-refractivity contribution in [1.82, 2.24) is 15.6 Å². The van der Waals surface area contributed by atoms with Crippen molar-refractivity contribution in [3.8, 4) is 0 Å². The molecule has 0 radical (unpaired) electrons. The molecule has 1 saturated heterocycles. The Kier molecular flexibility index (Phi) is 4.38. The van der Waals surface area contributed by atoms with E-state index in [-0.39, 0.29) is 5.91 Å². The third-order valence-corrected chi connectivity index (χ3v) is 3.90. The Morgan fingerprint density at radius 2 is 2.28 bits per heavy atom. The summed E-state index contributed by atoms with van der Waals surface area (Å²) in [7, 11) is 0. The minimum atomic E-state index is -0.117. The topological polar surface area (TPSA) is 83.3 Å². The smallest absolute Gasteiger partial charge is 0.265 e. The van der Waals surface area contributed by atoms with Gasteiger partial charge in [-0.2, -0.15) is 0 Å². The zero-order chi connectivity index (χ0) is 13.0. The minimum Gasteiger partial charge on any atom is -0.382 e. The number of amides is 1. The average molecular weight is 269 g/mol. The summed E-state index contributed by atoms with van der Waals surface area (Å²) in [5.41, 5.74) is 5.82. The number of carbonyl (C=O) groups is 1. The molecule has 0 aliphatic carbocycles. The SMILES string of the molecule is CCCNC(=O)c1sc(N2CCNCC2)nc1N. The third-order valence-electron chi connectivity index (χ3n) is 2.77. The van der Waals surface area contributed by atoms with Crippen LogP contribution in [0.5, 0.6) is 0 Å². The van der Waals surface area contributed by atoms with Gasteiger partial charge in [0.15, 0.2) is 5.13 Å². The van der Waals surface area contributed by atoms with E-state index in [9.17, 15) is 4.79 Å². The largest absolute Gasteiger partial charge is 0.382 e. The van der Waals surface area contributed by atoms with Crippen molar-refractivity contribution in [2.75, 3.05) is 43.4 Å². The van der Waals surface area contributed by atoms with E-state index in [1.165, 1.54) is 11.3 Å². The van der Waals surface area contributed by atoms with Crippen molar-refractivity contribution in [3.63, 3.8) is 0 Å². The van der Waals surface area contributed by atoms with Crippen LogP contribution >= 0.6 is 11.3 Å². The van der Waals surface area contributed by atoms with Gasteiger partial charge in [-0.15, -0.1) is 0 Å². The number of nitrogens with zero attached hydrogens (tertiary/aromatic N) is 2. The van der Waals surface area contributed by atoms with Crippen LogP contribution < -0.4 is 21.3 Å². The second kappa shape index (κ2) is 6.01. The number of thiazole rings is 1. The van der Waals surface area contributed by atoms with Gasteiger partial charge < -0.3 is 21.3 Å². The van der Waals surface area contributed by atoms with E-state index in [1.54, 1.807) is 0 Å². The zero-order valence-corrected chi connectivity index (χ0v) is 11.3. The molecule has 1 aromatic rings. The fourth-order valence-electron chi connectivity index (χ4n) is 1.79. The van der Waals surface area contributed by atoms with E-state index in [2.05, 4.69) is 20.5 Å². The molecule has 2 heterocycles. The highest BCUT2D eigenvalue weighted by Gasteiger charge is 2.20. The van der Waals surface area contributed by atoms with E-state index in [0.29, 0.717) is 17.2 Å². The van der Waals surface area contributed by atoms with E-state index >= 15 is 0 Å². The Balaban J connectivity index is 2.08. The number of nitrogen functional groups attached to an aromatic ring is 1. The molecule has 0 saturated carbocycles. The molecule has 1 aliphatic rings. The lowest BCUT2D eigenvalue weighted by Gasteiger charge is -2.26. The molecule has 6 nitrogen and oxygen atoms in total. The molecule has 1 fully saturated rings. The molecule has 2 rings (SSSR count). The molecule has 100 valence electrons. The van der Waals surface area contributed by atoms with Crippen molar-refractivity contribution in [3.05, 3.63) is 4.88 Å². The maximum Gasteiger partial charge on any atom is 0.265 e. The maximum absolute atomic E-state index is 11.9. The summed E-state index contributed by atoms with van der Waals surface area (Å²) in [6.45, 7) is 6.38. The van der Waals surface area contributed by atoms with E-state index in [0.717, 1.165) is 37.7 Å². The number of piperazine rings is 1. The summed E-state index contributed by atoms with van der Waals surface area (Å²) < 4.78 is 0. The number of anilines is 2. The predicted molar refractivity (Wildman–Crippen MR) is 74.2 cm³/mol. The summed E-state index contributed by atoms with van der Waals surface area (Å²) in [6, 6.07) is 0. The molecule has 18 heavy (non-hydrogen) atoms. The lowest BCUT2D eigenvalue weighted by molar-refractivity contribution is 0.0958. The Morgan fingerprint density at radius 1 is 1.56 bits per heavy atom. The van der Waals surface area contributed by atoms with Crippen LogP contribution in [-0.2, 0) is 0 Å². The summed E-state index contributed by atoms with van der Waals surface area (Å²) in [5, 5.41) is 6.95. The summed E-state index contributed by atoms with van der Waals surface area (Å²) in [5.74, 6) is 0.218. The fourth-order valence-corrected chi connectivity index (χ4v) is 2.75. The molecule has 1 aliphatic heterocycles. The zero-order valence-electron chi connectivity index (χ0n) is 10.5. The Bertz CT molecular complexity index is 414. The van der Waals surface area contributed by atoms with Gasteiger partial charge in [-0.1, -0.05) is 18.3 Å². The first-order valence-corrected chi connectivity index (χ1v) is 7.04. The number of nitrogens with two attached hydrogens (primary N) is 1. The minimum absolute atomic E-state index is 0.117. The van der Waals surface area contributed by atoms with Crippen molar-refractivity contribution in [1.29, 1.82) is 0 Å². The normalized spacial score (nSPS) is 15.7. The summed E-state index contributed by atoms with van der Waals surface area (Å²) >= 11 is 1.37. The molecule has 0 spiro atoms. The van der Waals surface area contributed by atoms with Crippen molar-refractivity contribution >= 4 is 28.2 Å². The molecule has 1 amide bonds. The summed E-state index contributed by atoms with van der Waals surface area (Å²) in [4.78, 5) is 18.9. The van der Waals surface area contributed by atoms with Crippen molar-refractivity contribution in [2.24, 2.45) is 0 Å². The molecule has 7 heteroatoms. The van der Waals surface area contributed by atoms with Gasteiger partial charge in [-0.25, -0.2) is 4.98 Å². The van der Waals surface area contributed by atoms with Gasteiger partial charge in [0.1, 0.15) is 10.7 Å². The van der Waals surface area contributed by atoms with Crippen LogP contribution in [0.4, 0.5) is 10.9 Å². The molecular weight excluding hydrogens is 250 g/mol. The molecular formula is C11H19N5OS. The van der Waals surface area contributed by atoms with Crippen LogP contribution in [0.15, 0.2) is 0 Å². The van der Waals surface area contributed by atoms with Gasteiger partial charge in [0.2, 0.25) is 0 Å². The van der Waals surface area contributed by atoms with Gasteiger partial charge in [-0.05, 0) is 6.42 Å². The van der Waals surface area contributed by atoms with Gasteiger partial charge in [0.25, 0.3) is 5.91 Å². The molecule has 0 unspecified atom stereocenters. The number of hydrogen-bond acceptors (Lipinski definition) is 6. The Labute approximate surface area is 111 Å². The van der Waals surface area contributed by atoms with Crippen LogP contribution in [0.2, 0.25) is 0 Å². The fraction of sp³-hybridized carbons (Fsp3) is 0.636. The monoisotopic (exact) mass is 269 g/mol. The van der Waals surface area contributed by atoms with Gasteiger partial charge in [0.05, 0.1) is 0 Å². The van der Waals surface area contributed by atoms with Gasteiger partial charge >= 0.3 is 0 Å². The van der Waals surface area contributed by atoms with Crippen LogP contribution in [-0.4, -0.2) is 43.6 Å². The first-order chi connectivity index (χ1) is 8.72. The van der Waals surface area contributed by atoms with E-state index in [4.69, 9.17) is 5.73 Å². The number of aromatic nitrogens is 1. The Hall–Kier alpha value is -1.34. The highest BCUT2D eigenvalue weighted by Crippen LogP contribution is 2.28. The number of rotatable bonds is 4. The number of hydrogen-bond donors (Lipinski definition) is 3. The van der Waals surface area contributed by atoms with E-state index in [1.807, 2.05) is 6.92 Å². The molecule has 0 bridgehead atoms. The highest BCUT2D eigenvalue weighted by molar-refractivity contribution is 7.18. The first-order valence-electron chi connectivity index (χ1n) is 6.22. The number of carbonyl (C=O) groups excluding carboxylic acids is 1. The van der Waals surface area contributed by atoms with Gasteiger partial charge in [0, 0.05) is 32.7 Å². The van der Waals surface area contributed by atoms with Crippen molar-refractivity contribution in [2.45, 2.75) is 13.3 Å². The second-order valence-electron chi connectivity index (χ2n) is 4.20. The highest BCUT2D eigenvalue weighted by atomic mass is 32.1. The average Bonchev–Trinajstić information content (AvgIpc) is 2.79. The molecule has 4 N–H and O–H groups in total. The van der Waals surface area contributed by atoms with Crippen LogP contribution in [0.25, 0.3) is 0 Å². The van der Waals surface area contributed by atoms with Crippen molar-refractivity contribution < 1.29 is 4.79 Å². The molecule has 0 aromatic carbocycles. The lowest BCUT2D eigenvalue weighted by atomic mass is 10.4.